The Morgan fingerprint density at radius 1 is 1.24 bits per heavy atom. The second-order valence-electron chi connectivity index (χ2n) is 4.01. The lowest BCUT2D eigenvalue weighted by atomic mass is 10.2. The van der Waals surface area contributed by atoms with Crippen LogP contribution in [0.4, 0.5) is 5.69 Å². The molecule has 17 heavy (non-hydrogen) atoms. The van der Waals surface area contributed by atoms with Crippen molar-refractivity contribution in [2.24, 2.45) is 0 Å². The normalized spacial score (nSPS) is 17.0. The maximum Gasteiger partial charge on any atom is 0.240 e. The molecule has 0 bridgehead atoms. The molecule has 6 heteroatoms. The molecule has 2 rings (SSSR count). The number of nitrogen functional groups attached to an aromatic ring is 1. The van der Waals surface area contributed by atoms with E-state index in [9.17, 15) is 9.59 Å². The summed E-state index contributed by atoms with van der Waals surface area (Å²) in [6.07, 6.45) is 0. The molecule has 2 amide bonds. The molecule has 5 nitrogen and oxygen atoms in total. The number of benzene rings is 1. The first-order valence-corrected chi connectivity index (χ1v) is 5.92. The Bertz CT molecular complexity index is 440. The van der Waals surface area contributed by atoms with E-state index in [0.717, 1.165) is 10.0 Å². The largest absolute Gasteiger partial charge is 0.399 e. The fourth-order valence-corrected chi connectivity index (χ4v) is 2.39. The molecule has 1 aromatic rings. The zero-order chi connectivity index (χ0) is 12.4. The zero-order valence-electron chi connectivity index (χ0n) is 9.07. The standard InChI is InChI=1S/C11H12BrN3O2/c12-8-1-7(2-9(13)3-8)4-15-5-10(16)14-11(17)6-15/h1-3H,4-6,13H2,(H,14,16,17). The van der Waals surface area contributed by atoms with Gasteiger partial charge in [0.25, 0.3) is 0 Å². The Labute approximate surface area is 107 Å². The summed E-state index contributed by atoms with van der Waals surface area (Å²) in [5.41, 5.74) is 7.35. The molecule has 90 valence electrons. The summed E-state index contributed by atoms with van der Waals surface area (Å²) < 4.78 is 0.889. The van der Waals surface area contributed by atoms with Gasteiger partial charge in [-0.2, -0.15) is 0 Å². The molecular formula is C11H12BrN3O2. The molecule has 0 aliphatic carbocycles. The molecule has 1 fully saturated rings. The van der Waals surface area contributed by atoms with Crippen molar-refractivity contribution in [1.29, 1.82) is 0 Å². The van der Waals surface area contributed by atoms with Crippen molar-refractivity contribution in [1.82, 2.24) is 10.2 Å². The van der Waals surface area contributed by atoms with Crippen LogP contribution in [0.1, 0.15) is 5.56 Å². The Morgan fingerprint density at radius 3 is 2.47 bits per heavy atom. The fraction of sp³-hybridized carbons (Fsp3) is 0.273. The van der Waals surface area contributed by atoms with Gasteiger partial charge < -0.3 is 5.73 Å². The first-order chi connectivity index (χ1) is 8.02. The maximum atomic E-state index is 11.2. The van der Waals surface area contributed by atoms with E-state index in [1.165, 1.54) is 0 Å². The lowest BCUT2D eigenvalue weighted by molar-refractivity contribution is -0.136. The minimum absolute atomic E-state index is 0.234. The number of nitrogens with zero attached hydrogens (tertiary/aromatic N) is 1. The number of rotatable bonds is 2. The van der Waals surface area contributed by atoms with Gasteiger partial charge in [-0.25, -0.2) is 0 Å². The fourth-order valence-electron chi connectivity index (χ4n) is 1.83. The number of piperazine rings is 1. The highest BCUT2D eigenvalue weighted by Crippen LogP contribution is 2.18. The summed E-state index contributed by atoms with van der Waals surface area (Å²) in [7, 11) is 0. The smallest absolute Gasteiger partial charge is 0.240 e. The third kappa shape index (κ3) is 3.28. The molecule has 0 aromatic heterocycles. The van der Waals surface area contributed by atoms with E-state index in [2.05, 4.69) is 21.2 Å². The van der Waals surface area contributed by atoms with Gasteiger partial charge in [0.2, 0.25) is 11.8 Å². The van der Waals surface area contributed by atoms with Crippen LogP contribution in [0.15, 0.2) is 22.7 Å². The zero-order valence-corrected chi connectivity index (χ0v) is 10.7. The molecule has 1 aromatic carbocycles. The van der Waals surface area contributed by atoms with Gasteiger partial charge in [-0.15, -0.1) is 0 Å². The number of halogens is 1. The number of nitrogens with two attached hydrogens (primary N) is 1. The van der Waals surface area contributed by atoms with E-state index in [1.807, 2.05) is 12.1 Å². The monoisotopic (exact) mass is 297 g/mol. The third-order valence-electron chi connectivity index (χ3n) is 2.40. The predicted molar refractivity (Wildman–Crippen MR) is 67.0 cm³/mol. The molecule has 0 radical (unpaired) electrons. The number of anilines is 1. The number of carbonyl (C=O) groups excluding carboxylic acids is 2. The van der Waals surface area contributed by atoms with Crippen molar-refractivity contribution < 1.29 is 9.59 Å². The van der Waals surface area contributed by atoms with Crippen molar-refractivity contribution in [3.63, 3.8) is 0 Å². The molecule has 3 N–H and O–H groups in total. The van der Waals surface area contributed by atoms with Gasteiger partial charge in [-0.3, -0.25) is 19.8 Å². The predicted octanol–water partition coefficient (Wildman–Crippen LogP) is 0.490. The number of carbonyl (C=O) groups is 2. The van der Waals surface area contributed by atoms with E-state index in [0.29, 0.717) is 12.2 Å². The molecule has 1 saturated heterocycles. The van der Waals surface area contributed by atoms with Crippen molar-refractivity contribution in [2.75, 3.05) is 18.8 Å². The Balaban J connectivity index is 2.09. The van der Waals surface area contributed by atoms with Crippen LogP contribution in [0.25, 0.3) is 0 Å². The van der Waals surface area contributed by atoms with Gasteiger partial charge in [0.05, 0.1) is 13.1 Å². The van der Waals surface area contributed by atoms with Crippen LogP contribution in [-0.2, 0) is 16.1 Å². The van der Waals surface area contributed by atoms with Crippen molar-refractivity contribution in [3.8, 4) is 0 Å². The van der Waals surface area contributed by atoms with Crippen LogP contribution in [0.2, 0.25) is 0 Å². The van der Waals surface area contributed by atoms with E-state index < -0.39 is 0 Å². The average molecular weight is 298 g/mol. The molecular weight excluding hydrogens is 286 g/mol. The quantitative estimate of drug-likeness (QED) is 0.615. The molecule has 1 aliphatic rings. The van der Waals surface area contributed by atoms with Gasteiger partial charge in [-0.1, -0.05) is 15.9 Å². The Kier molecular flexibility index (Phi) is 3.44. The van der Waals surface area contributed by atoms with Crippen LogP contribution in [-0.4, -0.2) is 29.8 Å². The molecule has 1 heterocycles. The van der Waals surface area contributed by atoms with Crippen LogP contribution in [0, 0.1) is 0 Å². The van der Waals surface area contributed by atoms with Crippen molar-refractivity contribution in [3.05, 3.63) is 28.2 Å². The molecule has 0 spiro atoms. The summed E-state index contributed by atoms with van der Waals surface area (Å²) >= 11 is 3.36. The van der Waals surface area contributed by atoms with Gasteiger partial charge >= 0.3 is 0 Å². The average Bonchev–Trinajstić information content (AvgIpc) is 2.13. The van der Waals surface area contributed by atoms with E-state index in [-0.39, 0.29) is 24.9 Å². The SMILES string of the molecule is Nc1cc(Br)cc(CN2CC(=O)NC(=O)C2)c1. The number of imide groups is 1. The second kappa shape index (κ2) is 4.85. The highest BCUT2D eigenvalue weighted by Gasteiger charge is 2.22. The highest BCUT2D eigenvalue weighted by molar-refractivity contribution is 9.10. The van der Waals surface area contributed by atoms with Gasteiger partial charge in [0.15, 0.2) is 0 Å². The van der Waals surface area contributed by atoms with E-state index >= 15 is 0 Å². The number of amides is 2. The molecule has 0 unspecified atom stereocenters. The Hall–Kier alpha value is -1.40. The lowest BCUT2D eigenvalue weighted by Gasteiger charge is -2.25. The minimum atomic E-state index is -0.260. The summed E-state index contributed by atoms with van der Waals surface area (Å²) in [4.78, 5) is 24.2. The lowest BCUT2D eigenvalue weighted by Crippen LogP contribution is -2.50. The third-order valence-corrected chi connectivity index (χ3v) is 2.86. The number of hydrogen-bond donors (Lipinski definition) is 2. The van der Waals surface area contributed by atoms with E-state index in [4.69, 9.17) is 5.73 Å². The topological polar surface area (TPSA) is 75.4 Å². The summed E-state index contributed by atoms with van der Waals surface area (Å²) in [6.45, 7) is 0.999. The Morgan fingerprint density at radius 2 is 1.88 bits per heavy atom. The van der Waals surface area contributed by atoms with Crippen LogP contribution in [0.3, 0.4) is 0 Å². The molecule has 0 atom stereocenters. The number of nitrogens with one attached hydrogen (secondary N) is 1. The summed E-state index contributed by atoms with van der Waals surface area (Å²) in [6, 6.07) is 5.56. The van der Waals surface area contributed by atoms with Gasteiger partial charge in [-0.05, 0) is 23.8 Å². The molecule has 1 aliphatic heterocycles. The maximum absolute atomic E-state index is 11.2. The van der Waals surface area contributed by atoms with Crippen molar-refractivity contribution >= 4 is 33.4 Å². The summed E-state index contributed by atoms with van der Waals surface area (Å²) in [5.74, 6) is -0.520. The van der Waals surface area contributed by atoms with Crippen LogP contribution < -0.4 is 11.1 Å². The first kappa shape index (κ1) is 12.1. The van der Waals surface area contributed by atoms with Crippen molar-refractivity contribution in [2.45, 2.75) is 6.54 Å². The molecule has 0 saturated carbocycles. The van der Waals surface area contributed by atoms with Gasteiger partial charge in [0.1, 0.15) is 0 Å². The van der Waals surface area contributed by atoms with Gasteiger partial charge in [0, 0.05) is 16.7 Å². The summed E-state index contributed by atoms with van der Waals surface area (Å²) in [5, 5.41) is 2.26. The minimum Gasteiger partial charge on any atom is -0.399 e. The van der Waals surface area contributed by atoms with Crippen LogP contribution in [0.5, 0.6) is 0 Å². The second-order valence-corrected chi connectivity index (χ2v) is 4.93. The number of hydrogen-bond acceptors (Lipinski definition) is 4. The first-order valence-electron chi connectivity index (χ1n) is 5.13. The highest BCUT2D eigenvalue weighted by atomic mass is 79.9. The van der Waals surface area contributed by atoms with E-state index in [1.54, 1.807) is 11.0 Å². The van der Waals surface area contributed by atoms with Crippen LogP contribution >= 0.6 is 15.9 Å².